The van der Waals surface area contributed by atoms with Crippen LogP contribution in [0.5, 0.6) is 0 Å². The number of thiol groups is 1. The highest BCUT2D eigenvalue weighted by Gasteiger charge is 2.00. The van der Waals surface area contributed by atoms with E-state index in [2.05, 4.69) is 36.7 Å². The van der Waals surface area contributed by atoms with E-state index in [0.29, 0.717) is 0 Å². The predicted octanol–water partition coefficient (Wildman–Crippen LogP) is 1.59. The highest BCUT2D eigenvalue weighted by Crippen LogP contribution is 1.92. The minimum atomic E-state index is 0.784. The molecular formula is C9H22N2S. The van der Waals surface area contributed by atoms with Crippen molar-refractivity contribution in [2.24, 2.45) is 0 Å². The molecule has 2 nitrogen and oxygen atoms in total. The molecule has 0 heterocycles. The van der Waals surface area contributed by atoms with Crippen LogP contribution in [0.3, 0.4) is 0 Å². The molecule has 0 bridgehead atoms. The van der Waals surface area contributed by atoms with Crippen LogP contribution in [0.15, 0.2) is 0 Å². The smallest absolute Gasteiger partial charge is 0.0387 e. The zero-order chi connectivity index (χ0) is 9.23. The van der Waals surface area contributed by atoms with Gasteiger partial charge in [-0.2, -0.15) is 12.6 Å². The quantitative estimate of drug-likeness (QED) is 0.343. The summed E-state index contributed by atoms with van der Waals surface area (Å²) in [6, 6.07) is 0. The Hall–Kier alpha value is 0.270. The van der Waals surface area contributed by atoms with Crippen LogP contribution in [0.25, 0.3) is 0 Å². The van der Waals surface area contributed by atoms with Crippen molar-refractivity contribution in [1.82, 2.24) is 10.2 Å². The van der Waals surface area contributed by atoms with E-state index < -0.39 is 0 Å². The lowest BCUT2D eigenvalue weighted by molar-refractivity contribution is 0.276. The lowest BCUT2D eigenvalue weighted by atomic mass is 10.3. The topological polar surface area (TPSA) is 15.3 Å². The Labute approximate surface area is 82.1 Å². The SMILES string of the molecule is CCCN(CCC)CCNCS. The molecule has 0 saturated heterocycles. The normalized spacial score (nSPS) is 11.0. The molecule has 0 spiro atoms. The van der Waals surface area contributed by atoms with Crippen LogP contribution in [-0.2, 0) is 0 Å². The van der Waals surface area contributed by atoms with Crippen LogP contribution in [0, 0.1) is 0 Å². The monoisotopic (exact) mass is 190 g/mol. The van der Waals surface area contributed by atoms with Gasteiger partial charge in [-0.1, -0.05) is 13.8 Å². The second-order valence-electron chi connectivity index (χ2n) is 3.00. The van der Waals surface area contributed by atoms with Gasteiger partial charge in [0, 0.05) is 19.0 Å². The van der Waals surface area contributed by atoms with Gasteiger partial charge in [-0.25, -0.2) is 0 Å². The fourth-order valence-corrected chi connectivity index (χ4v) is 1.44. The highest BCUT2D eigenvalue weighted by molar-refractivity contribution is 7.80. The first-order valence-electron chi connectivity index (χ1n) is 4.89. The van der Waals surface area contributed by atoms with E-state index in [0.717, 1.165) is 19.0 Å². The summed E-state index contributed by atoms with van der Waals surface area (Å²) in [4.78, 5) is 2.50. The average molecular weight is 190 g/mol. The van der Waals surface area contributed by atoms with Crippen LogP contribution in [0.1, 0.15) is 26.7 Å². The molecular weight excluding hydrogens is 168 g/mol. The van der Waals surface area contributed by atoms with Crippen molar-refractivity contribution in [2.75, 3.05) is 32.1 Å². The van der Waals surface area contributed by atoms with Crippen LogP contribution >= 0.6 is 12.6 Å². The molecule has 0 aliphatic heterocycles. The van der Waals surface area contributed by atoms with E-state index in [9.17, 15) is 0 Å². The standard InChI is InChI=1S/C9H22N2S/c1-3-6-11(7-4-2)8-5-10-9-12/h10,12H,3-9H2,1-2H3. The van der Waals surface area contributed by atoms with Crippen molar-refractivity contribution in [2.45, 2.75) is 26.7 Å². The number of hydrogen-bond donors (Lipinski definition) is 2. The summed E-state index contributed by atoms with van der Waals surface area (Å²) in [5.41, 5.74) is 0. The van der Waals surface area contributed by atoms with Gasteiger partial charge in [-0.15, -0.1) is 0 Å². The van der Waals surface area contributed by atoms with Crippen molar-refractivity contribution in [3.63, 3.8) is 0 Å². The van der Waals surface area contributed by atoms with E-state index in [4.69, 9.17) is 0 Å². The van der Waals surface area contributed by atoms with Gasteiger partial charge in [-0.3, -0.25) is 0 Å². The van der Waals surface area contributed by atoms with Crippen molar-refractivity contribution in [3.05, 3.63) is 0 Å². The maximum absolute atomic E-state index is 4.10. The Bertz CT molecular complexity index is 82.6. The van der Waals surface area contributed by atoms with Crippen LogP contribution in [-0.4, -0.2) is 37.0 Å². The van der Waals surface area contributed by atoms with Gasteiger partial charge in [0.05, 0.1) is 0 Å². The fourth-order valence-electron chi connectivity index (χ4n) is 1.28. The lowest BCUT2D eigenvalue weighted by Crippen LogP contribution is -2.32. The summed E-state index contributed by atoms with van der Waals surface area (Å²) in [6.45, 7) is 9.12. The number of nitrogens with one attached hydrogen (secondary N) is 1. The second kappa shape index (κ2) is 9.36. The molecule has 0 radical (unpaired) electrons. The zero-order valence-corrected chi connectivity index (χ0v) is 9.24. The summed E-state index contributed by atoms with van der Waals surface area (Å²) < 4.78 is 0. The zero-order valence-electron chi connectivity index (χ0n) is 8.34. The average Bonchev–Trinajstić information content (AvgIpc) is 2.06. The van der Waals surface area contributed by atoms with Crippen LogP contribution in [0.2, 0.25) is 0 Å². The molecule has 3 heteroatoms. The molecule has 0 unspecified atom stereocenters. The van der Waals surface area contributed by atoms with Gasteiger partial charge in [-0.05, 0) is 25.9 Å². The Morgan fingerprint density at radius 2 is 1.67 bits per heavy atom. The summed E-state index contributed by atoms with van der Waals surface area (Å²) in [5, 5.41) is 3.22. The van der Waals surface area contributed by atoms with Crippen molar-refractivity contribution < 1.29 is 0 Å². The van der Waals surface area contributed by atoms with Gasteiger partial charge in [0.1, 0.15) is 0 Å². The first-order valence-corrected chi connectivity index (χ1v) is 5.52. The molecule has 0 aromatic heterocycles. The van der Waals surface area contributed by atoms with Gasteiger partial charge < -0.3 is 10.2 Å². The van der Waals surface area contributed by atoms with Crippen LogP contribution < -0.4 is 5.32 Å². The Balaban J connectivity index is 3.34. The van der Waals surface area contributed by atoms with Crippen molar-refractivity contribution in [1.29, 1.82) is 0 Å². The molecule has 1 N–H and O–H groups in total. The minimum Gasteiger partial charge on any atom is -0.307 e. The number of nitrogens with zero attached hydrogens (tertiary/aromatic N) is 1. The third-order valence-corrected chi connectivity index (χ3v) is 2.02. The highest BCUT2D eigenvalue weighted by atomic mass is 32.1. The van der Waals surface area contributed by atoms with Crippen LogP contribution in [0.4, 0.5) is 0 Å². The van der Waals surface area contributed by atoms with Gasteiger partial charge in [0.15, 0.2) is 0 Å². The molecule has 0 aromatic carbocycles. The van der Waals surface area contributed by atoms with Gasteiger partial charge in [0.2, 0.25) is 0 Å². The Kier molecular flexibility index (Phi) is 9.57. The van der Waals surface area contributed by atoms with Gasteiger partial charge >= 0.3 is 0 Å². The fraction of sp³-hybridized carbons (Fsp3) is 1.00. The molecule has 0 rings (SSSR count). The Morgan fingerprint density at radius 3 is 2.08 bits per heavy atom. The van der Waals surface area contributed by atoms with E-state index >= 15 is 0 Å². The molecule has 74 valence electrons. The van der Waals surface area contributed by atoms with E-state index in [1.165, 1.54) is 25.9 Å². The first kappa shape index (κ1) is 12.3. The van der Waals surface area contributed by atoms with Crippen molar-refractivity contribution >= 4 is 12.6 Å². The molecule has 0 aliphatic carbocycles. The summed E-state index contributed by atoms with van der Waals surface area (Å²) in [6.07, 6.45) is 2.50. The lowest BCUT2D eigenvalue weighted by Gasteiger charge is -2.20. The summed E-state index contributed by atoms with van der Waals surface area (Å²) in [5.74, 6) is 0.784. The molecule has 0 aromatic rings. The second-order valence-corrected chi connectivity index (χ2v) is 3.32. The molecule has 0 atom stereocenters. The minimum absolute atomic E-state index is 0.784. The summed E-state index contributed by atoms with van der Waals surface area (Å²) >= 11 is 4.10. The van der Waals surface area contributed by atoms with Gasteiger partial charge in [0.25, 0.3) is 0 Å². The maximum Gasteiger partial charge on any atom is 0.0387 e. The Morgan fingerprint density at radius 1 is 1.08 bits per heavy atom. The van der Waals surface area contributed by atoms with E-state index in [1.807, 2.05) is 0 Å². The molecule has 12 heavy (non-hydrogen) atoms. The van der Waals surface area contributed by atoms with E-state index in [1.54, 1.807) is 0 Å². The predicted molar refractivity (Wildman–Crippen MR) is 58.9 cm³/mol. The van der Waals surface area contributed by atoms with E-state index in [-0.39, 0.29) is 0 Å². The molecule has 0 fully saturated rings. The molecule has 0 aliphatic rings. The maximum atomic E-state index is 4.10. The first-order chi connectivity index (χ1) is 5.85. The third-order valence-electron chi connectivity index (χ3n) is 1.80. The van der Waals surface area contributed by atoms with Crippen molar-refractivity contribution in [3.8, 4) is 0 Å². The molecule has 0 amide bonds. The largest absolute Gasteiger partial charge is 0.307 e. The number of rotatable bonds is 8. The molecule has 0 saturated carbocycles. The summed E-state index contributed by atoms with van der Waals surface area (Å²) in [7, 11) is 0. The third kappa shape index (κ3) is 6.95. The number of hydrogen-bond acceptors (Lipinski definition) is 3.